The summed E-state index contributed by atoms with van der Waals surface area (Å²) in [7, 11) is 0. The lowest BCUT2D eigenvalue weighted by Crippen LogP contribution is -2.45. The lowest BCUT2D eigenvalue weighted by molar-refractivity contribution is 0.255. The highest BCUT2D eigenvalue weighted by Gasteiger charge is 2.63. The lowest BCUT2D eigenvalue weighted by Gasteiger charge is -2.39. The number of hydrogen-bond donors (Lipinski definition) is 0. The molecule has 0 radical (unpaired) electrons. The molecule has 0 N–H and O–H groups in total. The summed E-state index contributed by atoms with van der Waals surface area (Å²) in [5, 5.41) is 63.9. The van der Waals surface area contributed by atoms with E-state index in [-0.39, 0.29) is 44.5 Å². The van der Waals surface area contributed by atoms with Crippen molar-refractivity contribution in [2.24, 2.45) is 20.0 Å². The van der Waals surface area contributed by atoms with Crippen LogP contribution in [0.15, 0.2) is 166 Å². The van der Waals surface area contributed by atoms with Crippen molar-refractivity contribution in [3.8, 4) is 36.4 Å². The molecule has 8 rings (SSSR count). The first kappa shape index (κ1) is 35.9. The lowest BCUT2D eigenvalue weighted by atomic mass is 9.75. The van der Waals surface area contributed by atoms with Gasteiger partial charge in [0.15, 0.2) is 0 Å². The maximum Gasteiger partial charge on any atom is 0.229 e. The van der Waals surface area contributed by atoms with Crippen molar-refractivity contribution >= 4 is 22.8 Å². The molecule has 10 heteroatoms. The second-order valence-electron chi connectivity index (χ2n) is 13.2. The molecule has 2 aliphatic heterocycles. The Kier molecular flexibility index (Phi) is 9.07. The van der Waals surface area contributed by atoms with E-state index in [0.29, 0.717) is 45.1 Å². The summed E-state index contributed by atoms with van der Waals surface area (Å²) < 4.78 is 0. The van der Waals surface area contributed by atoms with Crippen LogP contribution < -0.4 is 0 Å². The second kappa shape index (κ2) is 14.6. The summed E-state index contributed by atoms with van der Waals surface area (Å²) in [5.74, 6) is 0. The van der Waals surface area contributed by atoms with Crippen LogP contribution >= 0.6 is 0 Å². The molecule has 0 atom stereocenters. The zero-order valence-electron chi connectivity index (χ0n) is 30.3. The Balaban J connectivity index is 1.69. The third kappa shape index (κ3) is 5.69. The average molecular weight is 741 g/mol. The Hall–Kier alpha value is -9.06. The molecule has 2 aliphatic rings. The SMILES string of the molecule is N#Cc1cc(C#N)c(C2(C3(c4c(C#N)cc(C#N)cc4C#N)N=C(c4ccccc4)C(c4ccccc4)=N3)N=C(c3ccccc3)C(c3ccccc3)=N2)c(C#N)c1. The van der Waals surface area contributed by atoms with E-state index < -0.39 is 11.3 Å². The molecular weight excluding hydrogens is 717 g/mol. The molecule has 2 heterocycles. The van der Waals surface area contributed by atoms with E-state index in [9.17, 15) is 31.6 Å². The van der Waals surface area contributed by atoms with Gasteiger partial charge in [-0.1, -0.05) is 121 Å². The van der Waals surface area contributed by atoms with Crippen LogP contribution in [-0.4, -0.2) is 22.8 Å². The Morgan fingerprint density at radius 2 is 0.534 bits per heavy atom. The van der Waals surface area contributed by atoms with Crippen LogP contribution in [0.4, 0.5) is 0 Å². The van der Waals surface area contributed by atoms with Crippen LogP contribution in [0, 0.1) is 68.0 Å². The van der Waals surface area contributed by atoms with Crippen LogP contribution in [0.3, 0.4) is 0 Å². The fourth-order valence-electron chi connectivity index (χ4n) is 7.50. The summed E-state index contributed by atoms with van der Waals surface area (Å²) in [6.07, 6.45) is 0. The van der Waals surface area contributed by atoms with E-state index in [0.717, 1.165) is 0 Å². The highest BCUT2D eigenvalue weighted by Crippen LogP contribution is 2.57. The molecule has 0 saturated carbocycles. The van der Waals surface area contributed by atoms with Crippen LogP contribution in [0.25, 0.3) is 0 Å². The fourth-order valence-corrected chi connectivity index (χ4v) is 7.50. The molecule has 6 aromatic rings. The molecule has 266 valence electrons. The number of hydrogen-bond acceptors (Lipinski definition) is 10. The number of nitriles is 6. The first-order valence-electron chi connectivity index (χ1n) is 17.8. The Bertz CT molecular complexity index is 2660. The van der Waals surface area contributed by atoms with Crippen molar-refractivity contribution < 1.29 is 0 Å². The summed E-state index contributed by atoms with van der Waals surface area (Å²) in [6, 6.07) is 55.3. The van der Waals surface area contributed by atoms with E-state index >= 15 is 0 Å². The van der Waals surface area contributed by atoms with Gasteiger partial charge in [0.1, 0.15) is 0 Å². The molecule has 0 aliphatic carbocycles. The van der Waals surface area contributed by atoms with Crippen molar-refractivity contribution in [1.29, 1.82) is 31.6 Å². The number of aliphatic imine (C=N–C) groups is 4. The molecule has 10 nitrogen and oxygen atoms in total. The van der Waals surface area contributed by atoms with Gasteiger partial charge >= 0.3 is 0 Å². The van der Waals surface area contributed by atoms with Crippen molar-refractivity contribution in [2.45, 2.75) is 11.3 Å². The predicted octanol–water partition coefficient (Wildman–Crippen LogP) is 7.91. The van der Waals surface area contributed by atoms with Gasteiger partial charge in [0, 0.05) is 33.4 Å². The summed E-state index contributed by atoms with van der Waals surface area (Å²) in [4.78, 5) is 22.0. The van der Waals surface area contributed by atoms with E-state index in [4.69, 9.17) is 20.0 Å². The quantitative estimate of drug-likeness (QED) is 0.160. The highest BCUT2D eigenvalue weighted by molar-refractivity contribution is 6.55. The Morgan fingerprint density at radius 3 is 0.724 bits per heavy atom. The molecule has 0 aromatic heterocycles. The molecule has 0 fully saturated rings. The van der Waals surface area contributed by atoms with Gasteiger partial charge in [0.05, 0.1) is 92.6 Å². The maximum absolute atomic E-state index is 10.9. The Labute approximate surface area is 333 Å². The molecule has 0 amide bonds. The zero-order chi connectivity index (χ0) is 40.3. The van der Waals surface area contributed by atoms with Gasteiger partial charge in [-0.15, -0.1) is 0 Å². The van der Waals surface area contributed by atoms with E-state index in [1.54, 1.807) is 0 Å². The molecule has 0 bridgehead atoms. The minimum Gasteiger partial charge on any atom is -0.243 e. The average Bonchev–Trinajstić information content (AvgIpc) is 3.91. The van der Waals surface area contributed by atoms with Gasteiger partial charge in [-0.3, -0.25) is 0 Å². The number of nitrogens with zero attached hydrogens (tertiary/aromatic N) is 10. The fraction of sp³-hybridized carbons (Fsp3) is 0.0417. The van der Waals surface area contributed by atoms with Crippen LogP contribution in [0.2, 0.25) is 0 Å². The van der Waals surface area contributed by atoms with Gasteiger partial charge in [0.25, 0.3) is 0 Å². The van der Waals surface area contributed by atoms with Crippen LogP contribution in [0.5, 0.6) is 0 Å². The molecule has 0 spiro atoms. The zero-order valence-corrected chi connectivity index (χ0v) is 30.3. The van der Waals surface area contributed by atoms with Gasteiger partial charge in [-0.25, -0.2) is 20.0 Å². The summed E-state index contributed by atoms with van der Waals surface area (Å²) >= 11 is 0. The first-order chi connectivity index (χ1) is 28.4. The van der Waals surface area contributed by atoms with Crippen molar-refractivity contribution in [3.05, 3.63) is 212 Å². The van der Waals surface area contributed by atoms with E-state index in [1.165, 1.54) is 24.3 Å². The normalized spacial score (nSPS) is 14.4. The molecule has 58 heavy (non-hydrogen) atoms. The van der Waals surface area contributed by atoms with E-state index in [1.807, 2.05) is 133 Å². The number of rotatable bonds is 7. The van der Waals surface area contributed by atoms with Crippen molar-refractivity contribution in [2.75, 3.05) is 0 Å². The standard InChI is InChI=1S/C48H24N10/c49-25-31-21-37(27-51)41(38(22-31)28-52)47(55-43(33-13-5-1-6-14-33)44(56-47)34-15-7-2-8-16-34)48(42-39(29-53)23-32(26-50)24-40(42)30-54)57-45(35-17-9-3-10-18-35)46(58-48)36-19-11-4-12-20-36/h1-24H. The molecule has 0 saturated heterocycles. The van der Waals surface area contributed by atoms with Gasteiger partial charge in [-0.05, 0) is 24.3 Å². The van der Waals surface area contributed by atoms with Crippen LogP contribution in [-0.2, 0) is 11.3 Å². The first-order valence-corrected chi connectivity index (χ1v) is 17.8. The minimum absolute atomic E-state index is 0.0396. The summed E-state index contributed by atoms with van der Waals surface area (Å²) in [6.45, 7) is 0. The van der Waals surface area contributed by atoms with Crippen LogP contribution in [0.1, 0.15) is 66.8 Å². The predicted molar refractivity (Wildman–Crippen MR) is 216 cm³/mol. The van der Waals surface area contributed by atoms with Crippen molar-refractivity contribution in [1.82, 2.24) is 0 Å². The molecule has 0 unspecified atom stereocenters. The third-order valence-corrected chi connectivity index (χ3v) is 9.93. The van der Waals surface area contributed by atoms with Gasteiger partial charge < -0.3 is 0 Å². The molecule has 6 aromatic carbocycles. The minimum atomic E-state index is -2.25. The van der Waals surface area contributed by atoms with E-state index in [2.05, 4.69) is 24.3 Å². The topological polar surface area (TPSA) is 192 Å². The monoisotopic (exact) mass is 740 g/mol. The smallest absolute Gasteiger partial charge is 0.229 e. The molecular formula is C48H24N10. The maximum atomic E-state index is 10.9. The largest absolute Gasteiger partial charge is 0.243 e. The highest BCUT2D eigenvalue weighted by atomic mass is 15.3. The second-order valence-corrected chi connectivity index (χ2v) is 13.2. The third-order valence-electron chi connectivity index (χ3n) is 9.93. The van der Waals surface area contributed by atoms with Gasteiger partial charge in [-0.2, -0.15) is 31.6 Å². The number of benzene rings is 6. The van der Waals surface area contributed by atoms with Crippen molar-refractivity contribution in [3.63, 3.8) is 0 Å². The summed E-state index contributed by atoms with van der Waals surface area (Å²) in [5.41, 5.74) is -1.02. The van der Waals surface area contributed by atoms with Gasteiger partial charge in [0.2, 0.25) is 11.3 Å². The Morgan fingerprint density at radius 1 is 0.310 bits per heavy atom.